The fourth-order valence-electron chi connectivity index (χ4n) is 1.88. The molecule has 2 aromatic rings. The quantitative estimate of drug-likeness (QED) is 0.826. The zero-order valence-electron chi connectivity index (χ0n) is 11.0. The SMILES string of the molecule is CCCNC(C)C(C)c1cc2n[nH]c(=O)n2cn1. The lowest BCUT2D eigenvalue weighted by atomic mass is 9.99. The molecule has 0 saturated carbocycles. The van der Waals surface area contributed by atoms with Crippen LogP contribution in [0, 0.1) is 0 Å². The fourth-order valence-corrected chi connectivity index (χ4v) is 1.88. The number of rotatable bonds is 5. The normalized spacial score (nSPS) is 14.8. The molecule has 0 fully saturated rings. The van der Waals surface area contributed by atoms with Gasteiger partial charge < -0.3 is 5.32 Å². The van der Waals surface area contributed by atoms with E-state index in [9.17, 15) is 4.79 Å². The summed E-state index contributed by atoms with van der Waals surface area (Å²) in [6.07, 6.45) is 2.64. The number of nitrogens with zero attached hydrogens (tertiary/aromatic N) is 3. The predicted octanol–water partition coefficient (Wildman–Crippen LogP) is 0.909. The fraction of sp³-hybridized carbons (Fsp3) is 0.583. The van der Waals surface area contributed by atoms with Gasteiger partial charge in [0, 0.05) is 18.0 Å². The topological polar surface area (TPSA) is 75.1 Å². The van der Waals surface area contributed by atoms with Gasteiger partial charge in [0.05, 0.1) is 5.69 Å². The number of aromatic amines is 1. The Morgan fingerprint density at radius 3 is 3.00 bits per heavy atom. The van der Waals surface area contributed by atoms with E-state index >= 15 is 0 Å². The third kappa shape index (κ3) is 2.43. The van der Waals surface area contributed by atoms with E-state index in [2.05, 4.69) is 41.3 Å². The minimum Gasteiger partial charge on any atom is -0.314 e. The van der Waals surface area contributed by atoms with Crippen LogP contribution in [0.4, 0.5) is 0 Å². The molecule has 18 heavy (non-hydrogen) atoms. The average Bonchev–Trinajstić information content (AvgIpc) is 2.76. The van der Waals surface area contributed by atoms with Crippen LogP contribution in [0.15, 0.2) is 17.2 Å². The van der Waals surface area contributed by atoms with Crippen LogP contribution in [0.25, 0.3) is 5.65 Å². The lowest BCUT2D eigenvalue weighted by molar-refractivity contribution is 0.474. The molecule has 2 aromatic heterocycles. The van der Waals surface area contributed by atoms with Crippen LogP contribution in [0.5, 0.6) is 0 Å². The Bertz CT molecular complexity index is 573. The van der Waals surface area contributed by atoms with Gasteiger partial charge in [0.1, 0.15) is 6.33 Å². The van der Waals surface area contributed by atoms with Crippen molar-refractivity contribution in [3.8, 4) is 0 Å². The largest absolute Gasteiger partial charge is 0.348 e. The molecule has 0 aliphatic carbocycles. The molecule has 0 radical (unpaired) electrons. The van der Waals surface area contributed by atoms with Crippen molar-refractivity contribution in [2.45, 2.75) is 39.2 Å². The van der Waals surface area contributed by atoms with E-state index in [1.165, 1.54) is 10.7 Å². The number of nitrogens with one attached hydrogen (secondary N) is 2. The van der Waals surface area contributed by atoms with Gasteiger partial charge in [-0.05, 0) is 19.9 Å². The lowest BCUT2D eigenvalue weighted by Crippen LogP contribution is -2.32. The summed E-state index contributed by atoms with van der Waals surface area (Å²) < 4.78 is 1.40. The van der Waals surface area contributed by atoms with Crippen LogP contribution < -0.4 is 11.0 Å². The van der Waals surface area contributed by atoms with Gasteiger partial charge in [-0.1, -0.05) is 13.8 Å². The Hall–Kier alpha value is -1.69. The summed E-state index contributed by atoms with van der Waals surface area (Å²) in [6, 6.07) is 2.19. The van der Waals surface area contributed by atoms with E-state index in [0.29, 0.717) is 11.7 Å². The molecule has 0 aliphatic heterocycles. The Labute approximate surface area is 105 Å². The van der Waals surface area contributed by atoms with Crippen LogP contribution in [0.1, 0.15) is 38.8 Å². The van der Waals surface area contributed by atoms with Gasteiger partial charge in [0.15, 0.2) is 5.65 Å². The van der Waals surface area contributed by atoms with Crippen LogP contribution >= 0.6 is 0 Å². The highest BCUT2D eigenvalue weighted by molar-refractivity contribution is 5.37. The molecule has 2 atom stereocenters. The second-order valence-corrected chi connectivity index (χ2v) is 4.60. The highest BCUT2D eigenvalue weighted by Crippen LogP contribution is 2.17. The molecule has 0 bridgehead atoms. The van der Waals surface area contributed by atoms with E-state index in [1.807, 2.05) is 6.07 Å². The number of H-pyrrole nitrogens is 1. The third-order valence-electron chi connectivity index (χ3n) is 3.26. The summed E-state index contributed by atoms with van der Waals surface area (Å²) in [5.41, 5.74) is 1.30. The molecule has 6 heteroatoms. The smallest absolute Gasteiger partial charge is 0.314 e. The van der Waals surface area contributed by atoms with Gasteiger partial charge in [0.25, 0.3) is 0 Å². The van der Waals surface area contributed by atoms with E-state index < -0.39 is 0 Å². The molecule has 98 valence electrons. The zero-order valence-corrected chi connectivity index (χ0v) is 11.0. The van der Waals surface area contributed by atoms with Gasteiger partial charge >= 0.3 is 5.69 Å². The van der Waals surface area contributed by atoms with Gasteiger partial charge in [-0.3, -0.25) is 0 Å². The molecule has 2 unspecified atom stereocenters. The van der Waals surface area contributed by atoms with Crippen molar-refractivity contribution in [2.75, 3.05) is 6.54 Å². The highest BCUT2D eigenvalue weighted by Gasteiger charge is 2.16. The lowest BCUT2D eigenvalue weighted by Gasteiger charge is -2.20. The Balaban J connectivity index is 2.22. The van der Waals surface area contributed by atoms with E-state index in [0.717, 1.165) is 18.7 Å². The van der Waals surface area contributed by atoms with E-state index in [1.54, 1.807) is 0 Å². The second kappa shape index (κ2) is 5.30. The molecule has 0 aliphatic rings. The monoisotopic (exact) mass is 249 g/mol. The maximum absolute atomic E-state index is 11.3. The van der Waals surface area contributed by atoms with E-state index in [-0.39, 0.29) is 11.6 Å². The summed E-state index contributed by atoms with van der Waals surface area (Å²) in [7, 11) is 0. The van der Waals surface area contributed by atoms with Gasteiger partial charge in [-0.2, -0.15) is 5.10 Å². The molecule has 0 saturated heterocycles. The molecule has 2 heterocycles. The van der Waals surface area contributed by atoms with E-state index in [4.69, 9.17) is 0 Å². The summed E-state index contributed by atoms with van der Waals surface area (Å²) in [4.78, 5) is 15.7. The molecule has 0 spiro atoms. The minimum atomic E-state index is -0.256. The van der Waals surface area contributed by atoms with Gasteiger partial charge in [-0.15, -0.1) is 0 Å². The summed E-state index contributed by atoms with van der Waals surface area (Å²) in [6.45, 7) is 7.40. The van der Waals surface area contributed by atoms with Crippen LogP contribution in [0.2, 0.25) is 0 Å². The first-order valence-electron chi connectivity index (χ1n) is 6.29. The van der Waals surface area contributed by atoms with Crippen LogP contribution in [-0.2, 0) is 0 Å². The average molecular weight is 249 g/mol. The molecule has 0 aromatic carbocycles. The van der Waals surface area contributed by atoms with Crippen molar-refractivity contribution in [2.24, 2.45) is 0 Å². The van der Waals surface area contributed by atoms with Gasteiger partial charge in [0.2, 0.25) is 0 Å². The van der Waals surface area contributed by atoms with Crippen molar-refractivity contribution in [1.29, 1.82) is 0 Å². The third-order valence-corrected chi connectivity index (χ3v) is 3.26. The number of aromatic nitrogens is 4. The first-order valence-corrected chi connectivity index (χ1v) is 6.29. The van der Waals surface area contributed by atoms with Gasteiger partial charge in [-0.25, -0.2) is 19.3 Å². The Morgan fingerprint density at radius 2 is 2.28 bits per heavy atom. The number of fused-ring (bicyclic) bond motifs is 1. The first-order chi connectivity index (χ1) is 8.63. The molecule has 2 rings (SSSR count). The van der Waals surface area contributed by atoms with Crippen LogP contribution in [-0.4, -0.2) is 32.2 Å². The summed E-state index contributed by atoms with van der Waals surface area (Å²) >= 11 is 0. The zero-order chi connectivity index (χ0) is 13.1. The maximum Gasteiger partial charge on any atom is 0.348 e. The number of hydrogen-bond acceptors (Lipinski definition) is 4. The maximum atomic E-state index is 11.3. The predicted molar refractivity (Wildman–Crippen MR) is 69.8 cm³/mol. The molecule has 6 nitrogen and oxygen atoms in total. The van der Waals surface area contributed by atoms with Crippen molar-refractivity contribution >= 4 is 5.65 Å². The molecule has 2 N–H and O–H groups in total. The Kier molecular flexibility index (Phi) is 3.76. The molecular weight excluding hydrogens is 230 g/mol. The minimum absolute atomic E-state index is 0.256. The molecular formula is C12H19N5O. The van der Waals surface area contributed by atoms with Crippen molar-refractivity contribution < 1.29 is 0 Å². The van der Waals surface area contributed by atoms with Crippen molar-refractivity contribution in [3.05, 3.63) is 28.6 Å². The first kappa shape index (κ1) is 12.8. The summed E-state index contributed by atoms with van der Waals surface area (Å²) in [5.74, 6) is 0.272. The number of hydrogen-bond donors (Lipinski definition) is 2. The second-order valence-electron chi connectivity index (χ2n) is 4.60. The standard InChI is InChI=1S/C12H19N5O/c1-4-5-13-9(3)8(2)10-6-11-15-16-12(18)17(11)7-14-10/h6-9,13H,4-5H2,1-3H3,(H,16,18). The highest BCUT2D eigenvalue weighted by atomic mass is 16.1. The Morgan fingerprint density at radius 1 is 1.50 bits per heavy atom. The van der Waals surface area contributed by atoms with Crippen molar-refractivity contribution in [3.63, 3.8) is 0 Å². The van der Waals surface area contributed by atoms with Crippen molar-refractivity contribution in [1.82, 2.24) is 24.9 Å². The summed E-state index contributed by atoms with van der Waals surface area (Å²) in [5, 5.41) is 9.80. The van der Waals surface area contributed by atoms with Crippen LogP contribution in [0.3, 0.4) is 0 Å². The molecule has 0 amide bonds.